The first-order valence-corrected chi connectivity index (χ1v) is 28.2. The van der Waals surface area contributed by atoms with Crippen LogP contribution < -0.4 is 0 Å². The summed E-state index contributed by atoms with van der Waals surface area (Å²) in [6.07, 6.45) is 0. The van der Waals surface area contributed by atoms with E-state index in [1.807, 2.05) is 0 Å². The number of benzene rings is 15. The van der Waals surface area contributed by atoms with Gasteiger partial charge in [-0.15, -0.1) is 0 Å². The molecule has 15 rings (SSSR count). The van der Waals surface area contributed by atoms with Gasteiger partial charge in [0.2, 0.25) is 0 Å². The van der Waals surface area contributed by atoms with E-state index in [1.165, 1.54) is 163 Å². The van der Waals surface area contributed by atoms with Crippen LogP contribution in [-0.4, -0.2) is 0 Å². The Kier molecular flexibility index (Phi) is 15.0. The predicted octanol–water partition coefficient (Wildman–Crippen LogP) is 23.0. The van der Waals surface area contributed by atoms with Gasteiger partial charge in [0.05, 0.1) is 0 Å². The highest BCUT2D eigenvalue weighted by atomic mass is 14.1. The molecule has 0 saturated heterocycles. The van der Waals surface area contributed by atoms with Crippen molar-refractivity contribution in [2.24, 2.45) is 0 Å². The Morgan fingerprint density at radius 3 is 0.812 bits per heavy atom. The third-order valence-corrected chi connectivity index (χ3v) is 16.5. The zero-order valence-electron chi connectivity index (χ0n) is 48.1. The molecule has 15 aromatic rings. The summed E-state index contributed by atoms with van der Waals surface area (Å²) in [5.74, 6) is 0. The highest BCUT2D eigenvalue weighted by Crippen LogP contribution is 2.33. The average Bonchev–Trinajstić information content (AvgIpc) is 3.65. The monoisotopic (exact) mass is 1030 g/mol. The van der Waals surface area contributed by atoms with Crippen molar-refractivity contribution in [2.75, 3.05) is 0 Å². The van der Waals surface area contributed by atoms with Crippen LogP contribution >= 0.6 is 0 Å². The summed E-state index contributed by atoms with van der Waals surface area (Å²) < 4.78 is 0. The maximum atomic E-state index is 2.28. The zero-order chi connectivity index (χ0) is 55.6. The van der Waals surface area contributed by atoms with Gasteiger partial charge in [-0.1, -0.05) is 235 Å². The van der Waals surface area contributed by atoms with Crippen LogP contribution in [0.2, 0.25) is 0 Å². The van der Waals surface area contributed by atoms with Gasteiger partial charge in [0, 0.05) is 0 Å². The van der Waals surface area contributed by atoms with E-state index in [9.17, 15) is 0 Å². The molecule has 15 aromatic carbocycles. The lowest BCUT2D eigenvalue weighted by atomic mass is 9.95. The van der Waals surface area contributed by atoms with Crippen LogP contribution in [0.25, 0.3) is 108 Å². The van der Waals surface area contributed by atoms with Crippen LogP contribution in [0.15, 0.2) is 243 Å². The number of hydrogen-bond acceptors (Lipinski definition) is 0. The molecule has 0 fully saturated rings. The third-order valence-electron chi connectivity index (χ3n) is 16.5. The minimum absolute atomic E-state index is 1.32. The van der Waals surface area contributed by atoms with E-state index in [4.69, 9.17) is 0 Å². The summed E-state index contributed by atoms with van der Waals surface area (Å²) in [5, 5.41) is 27.0. The second kappa shape index (κ2) is 22.7. The lowest BCUT2D eigenvalue weighted by Gasteiger charge is -2.09. The van der Waals surface area contributed by atoms with Gasteiger partial charge in [0.1, 0.15) is 0 Å². The summed E-state index contributed by atoms with van der Waals surface area (Å²) >= 11 is 0. The molecule has 0 amide bonds. The molecule has 0 spiro atoms. The minimum atomic E-state index is 1.32. The van der Waals surface area contributed by atoms with Crippen molar-refractivity contribution in [3.63, 3.8) is 0 Å². The summed E-state index contributed by atoms with van der Waals surface area (Å²) in [6, 6.07) is 87.5. The molecule has 0 radical (unpaired) electrons. The number of aryl methyl sites for hydroxylation is 10. The second-order valence-corrected chi connectivity index (χ2v) is 22.2. The molecule has 0 saturated carbocycles. The van der Waals surface area contributed by atoms with Crippen LogP contribution in [0.1, 0.15) is 55.6 Å². The molecule has 0 nitrogen and oxygen atoms in total. The fourth-order valence-corrected chi connectivity index (χ4v) is 12.2. The van der Waals surface area contributed by atoms with Gasteiger partial charge < -0.3 is 0 Å². The Hall–Kier alpha value is -9.10. The van der Waals surface area contributed by atoms with E-state index in [-0.39, 0.29) is 0 Å². The fraction of sp³-hybridized carbons (Fsp3) is 0.125. The molecule has 0 aliphatic rings. The topological polar surface area (TPSA) is 0 Å². The molecule has 0 aliphatic carbocycles. The zero-order valence-corrected chi connectivity index (χ0v) is 48.1. The molecule has 0 heteroatoms. The van der Waals surface area contributed by atoms with Crippen molar-refractivity contribution in [3.8, 4) is 0 Å². The van der Waals surface area contributed by atoms with Gasteiger partial charge in [0.15, 0.2) is 0 Å². The van der Waals surface area contributed by atoms with E-state index in [0.717, 1.165) is 0 Å². The molecule has 80 heavy (non-hydrogen) atoms. The summed E-state index contributed by atoms with van der Waals surface area (Å²) in [5.41, 5.74) is 13.6. The van der Waals surface area contributed by atoms with Crippen LogP contribution in [0.3, 0.4) is 0 Å². The number of hydrogen-bond donors (Lipinski definition) is 0. The van der Waals surface area contributed by atoms with Crippen LogP contribution in [0.4, 0.5) is 0 Å². The quantitative estimate of drug-likeness (QED) is 0.133. The van der Waals surface area contributed by atoms with Gasteiger partial charge in [-0.2, -0.15) is 0 Å². The maximum Gasteiger partial charge on any atom is -0.0119 e. The van der Waals surface area contributed by atoms with Gasteiger partial charge in [-0.25, -0.2) is 0 Å². The molecular formula is C80H70. The first kappa shape index (κ1) is 52.9. The third kappa shape index (κ3) is 10.7. The summed E-state index contributed by atoms with van der Waals surface area (Å²) in [6.45, 7) is 21.8. The summed E-state index contributed by atoms with van der Waals surface area (Å²) in [4.78, 5) is 0. The smallest absolute Gasteiger partial charge is 0.0119 e. The Bertz CT molecular complexity index is 4550. The van der Waals surface area contributed by atoms with Crippen molar-refractivity contribution in [2.45, 2.75) is 69.2 Å². The minimum Gasteiger partial charge on any atom is -0.0616 e. The molecule has 0 aliphatic heterocycles. The van der Waals surface area contributed by atoms with E-state index in [2.05, 4.69) is 312 Å². The molecule has 0 aromatic heterocycles. The fourth-order valence-electron chi connectivity index (χ4n) is 12.2. The normalized spacial score (nSPS) is 11.1. The van der Waals surface area contributed by atoms with Gasteiger partial charge in [-0.05, 0) is 241 Å². The Morgan fingerprint density at radius 1 is 0.163 bits per heavy atom. The van der Waals surface area contributed by atoms with Gasteiger partial charge in [0.25, 0.3) is 0 Å². The Balaban J connectivity index is 0.000000105. The lowest BCUT2D eigenvalue weighted by Crippen LogP contribution is -1.85. The number of rotatable bonds is 0. The summed E-state index contributed by atoms with van der Waals surface area (Å²) in [7, 11) is 0. The van der Waals surface area contributed by atoms with E-state index < -0.39 is 0 Å². The van der Waals surface area contributed by atoms with E-state index in [0.29, 0.717) is 0 Å². The molecule has 0 heterocycles. The lowest BCUT2D eigenvalue weighted by molar-refractivity contribution is 1.49. The molecular weight excluding hydrogens is 961 g/mol. The van der Waals surface area contributed by atoms with Gasteiger partial charge >= 0.3 is 0 Å². The highest BCUT2D eigenvalue weighted by molar-refractivity contribution is 6.06. The molecule has 390 valence electrons. The van der Waals surface area contributed by atoms with Crippen LogP contribution in [-0.2, 0) is 0 Å². The van der Waals surface area contributed by atoms with Crippen molar-refractivity contribution in [1.82, 2.24) is 0 Å². The van der Waals surface area contributed by atoms with Crippen molar-refractivity contribution >= 4 is 108 Å². The molecule has 0 N–H and O–H groups in total. The average molecular weight is 1030 g/mol. The van der Waals surface area contributed by atoms with Crippen LogP contribution in [0, 0.1) is 69.2 Å². The van der Waals surface area contributed by atoms with E-state index in [1.54, 1.807) is 0 Å². The van der Waals surface area contributed by atoms with Gasteiger partial charge in [-0.3, -0.25) is 0 Å². The van der Waals surface area contributed by atoms with Crippen molar-refractivity contribution in [1.29, 1.82) is 0 Å². The highest BCUT2D eigenvalue weighted by Gasteiger charge is 2.08. The predicted molar refractivity (Wildman–Crippen MR) is 355 cm³/mol. The Morgan fingerprint density at radius 2 is 0.425 bits per heavy atom. The molecule has 0 bridgehead atoms. The standard InChI is InChI=1S/5C16H14/c1-11-6-5-8-14-10-13-7-3-4-9-15(13)12(2)16(11)14;2*1-11-7-8-16-12(2)15-6-4-3-5-13(15)10-14(16)9-11;2*1-11-7-8-14-10-13-5-3-4-6-15(13)12(2)16(14)9-11/h5*3-10H,1-2H3. The molecule has 0 atom stereocenters. The molecule has 0 unspecified atom stereocenters. The van der Waals surface area contributed by atoms with Crippen LogP contribution in [0.5, 0.6) is 0 Å². The second-order valence-electron chi connectivity index (χ2n) is 22.2. The first-order valence-electron chi connectivity index (χ1n) is 28.2. The Labute approximate surface area is 472 Å². The van der Waals surface area contributed by atoms with Crippen molar-refractivity contribution in [3.05, 3.63) is 298 Å². The maximum absolute atomic E-state index is 2.28. The first-order chi connectivity index (χ1) is 38.8. The van der Waals surface area contributed by atoms with E-state index >= 15 is 0 Å². The SMILES string of the molecule is Cc1ccc2c(C)c3ccccc3cc2c1.Cc1ccc2c(C)c3ccccc3cc2c1.Cc1ccc2cc3ccccc3c(C)c2c1.Cc1ccc2cc3ccccc3c(C)c2c1.Cc1cccc2cc3ccccc3c(C)c12. The number of fused-ring (bicyclic) bond motifs is 10. The van der Waals surface area contributed by atoms with Crippen molar-refractivity contribution < 1.29 is 0 Å². The largest absolute Gasteiger partial charge is 0.0616 e.